The molecule has 0 N–H and O–H groups in total. The monoisotopic (exact) mass is 343 g/mol. The number of azo groups is 1. The Morgan fingerprint density at radius 1 is 1.12 bits per heavy atom. The van der Waals surface area contributed by atoms with Gasteiger partial charge in [-0.1, -0.05) is 5.16 Å². The number of fused-ring (bicyclic) bond motifs is 1. The van der Waals surface area contributed by atoms with E-state index < -0.39 is 0 Å². The third-order valence-corrected chi connectivity index (χ3v) is 3.26. The molecule has 3 aromatic rings. The maximum atomic E-state index is 12.7. The summed E-state index contributed by atoms with van der Waals surface area (Å²) in [5.41, 5.74) is -0.0218. The first kappa shape index (κ1) is 16.7. The standard InChI is InChI=1S/C17H17N3O5/c1-4-22-11-6-7-12-13(9-11)24-17(23-5-2)15(16(12)21)19-18-14-8-10(3)25-20-14/h6-9H,4-5H2,1-3H3. The number of hydrogen-bond acceptors (Lipinski definition) is 8. The number of rotatable bonds is 6. The minimum absolute atomic E-state index is 0.00221. The fourth-order valence-electron chi connectivity index (χ4n) is 2.22. The van der Waals surface area contributed by atoms with E-state index in [0.29, 0.717) is 35.7 Å². The number of ether oxygens (including phenoxy) is 2. The number of benzene rings is 1. The molecule has 2 aromatic heterocycles. The Hall–Kier alpha value is -3.16. The van der Waals surface area contributed by atoms with Crippen molar-refractivity contribution in [2.24, 2.45) is 10.2 Å². The molecule has 0 saturated carbocycles. The third-order valence-electron chi connectivity index (χ3n) is 3.26. The van der Waals surface area contributed by atoms with Crippen LogP contribution < -0.4 is 14.9 Å². The van der Waals surface area contributed by atoms with Gasteiger partial charge in [-0.25, -0.2) is 0 Å². The van der Waals surface area contributed by atoms with Gasteiger partial charge in [0.25, 0.3) is 0 Å². The van der Waals surface area contributed by atoms with Gasteiger partial charge in [-0.05, 0) is 32.9 Å². The summed E-state index contributed by atoms with van der Waals surface area (Å²) < 4.78 is 21.5. The van der Waals surface area contributed by atoms with E-state index in [-0.39, 0.29) is 22.9 Å². The van der Waals surface area contributed by atoms with Crippen LogP contribution in [0.2, 0.25) is 0 Å². The van der Waals surface area contributed by atoms with E-state index in [1.54, 1.807) is 38.1 Å². The van der Waals surface area contributed by atoms with Crippen LogP contribution in [0.1, 0.15) is 19.6 Å². The summed E-state index contributed by atoms with van der Waals surface area (Å²) >= 11 is 0. The minimum Gasteiger partial charge on any atom is -0.494 e. The summed E-state index contributed by atoms with van der Waals surface area (Å²) in [5.74, 6) is 1.45. The Balaban J connectivity index is 2.11. The van der Waals surface area contributed by atoms with Crippen molar-refractivity contribution in [2.45, 2.75) is 20.8 Å². The Labute approximate surface area is 143 Å². The molecule has 0 atom stereocenters. The summed E-state index contributed by atoms with van der Waals surface area (Å²) in [5, 5.41) is 11.9. The Morgan fingerprint density at radius 3 is 2.60 bits per heavy atom. The predicted molar refractivity (Wildman–Crippen MR) is 90.2 cm³/mol. The third kappa shape index (κ3) is 3.52. The van der Waals surface area contributed by atoms with Crippen LogP contribution in [0.25, 0.3) is 11.0 Å². The van der Waals surface area contributed by atoms with Crippen molar-refractivity contribution < 1.29 is 18.4 Å². The topological polar surface area (TPSA) is 99.4 Å². The van der Waals surface area contributed by atoms with Gasteiger partial charge in [-0.15, -0.1) is 10.2 Å². The lowest BCUT2D eigenvalue weighted by atomic mass is 10.2. The van der Waals surface area contributed by atoms with Crippen LogP contribution in [0.4, 0.5) is 11.5 Å². The number of aryl methyl sites for hydroxylation is 1. The van der Waals surface area contributed by atoms with Crippen molar-refractivity contribution in [2.75, 3.05) is 13.2 Å². The molecule has 1 aromatic carbocycles. The van der Waals surface area contributed by atoms with Crippen LogP contribution in [0.5, 0.6) is 11.7 Å². The number of aromatic nitrogens is 1. The van der Waals surface area contributed by atoms with Crippen LogP contribution in [0, 0.1) is 6.92 Å². The molecule has 0 aliphatic carbocycles. The lowest BCUT2D eigenvalue weighted by Gasteiger charge is -2.08. The zero-order valence-corrected chi connectivity index (χ0v) is 14.1. The van der Waals surface area contributed by atoms with E-state index >= 15 is 0 Å². The van der Waals surface area contributed by atoms with E-state index in [4.69, 9.17) is 18.4 Å². The molecule has 0 amide bonds. The highest BCUT2D eigenvalue weighted by Gasteiger charge is 2.16. The Bertz CT molecular complexity index is 974. The Kier molecular flexibility index (Phi) is 4.78. The Morgan fingerprint density at radius 2 is 1.92 bits per heavy atom. The maximum absolute atomic E-state index is 12.7. The molecule has 0 aliphatic rings. The molecular formula is C17H17N3O5. The zero-order chi connectivity index (χ0) is 17.8. The fourth-order valence-corrected chi connectivity index (χ4v) is 2.22. The molecule has 130 valence electrons. The first-order valence-corrected chi connectivity index (χ1v) is 7.84. The van der Waals surface area contributed by atoms with Crippen LogP contribution in [0.3, 0.4) is 0 Å². The molecule has 0 saturated heterocycles. The van der Waals surface area contributed by atoms with Gasteiger partial charge in [0.2, 0.25) is 16.9 Å². The first-order valence-electron chi connectivity index (χ1n) is 7.84. The molecular weight excluding hydrogens is 326 g/mol. The fraction of sp³-hybridized carbons (Fsp3) is 0.294. The smallest absolute Gasteiger partial charge is 0.317 e. The van der Waals surface area contributed by atoms with Crippen molar-refractivity contribution in [1.29, 1.82) is 0 Å². The van der Waals surface area contributed by atoms with Crippen molar-refractivity contribution in [3.05, 3.63) is 40.2 Å². The van der Waals surface area contributed by atoms with Crippen LogP contribution in [-0.4, -0.2) is 18.4 Å². The van der Waals surface area contributed by atoms with E-state index in [9.17, 15) is 4.79 Å². The summed E-state index contributed by atoms with van der Waals surface area (Å²) in [4.78, 5) is 12.7. The second-order valence-corrected chi connectivity index (χ2v) is 5.09. The van der Waals surface area contributed by atoms with Crippen LogP contribution >= 0.6 is 0 Å². The molecule has 0 fully saturated rings. The number of hydrogen-bond donors (Lipinski definition) is 0. The van der Waals surface area contributed by atoms with Crippen LogP contribution in [-0.2, 0) is 0 Å². The van der Waals surface area contributed by atoms with Gasteiger partial charge in [-0.3, -0.25) is 4.79 Å². The molecule has 0 radical (unpaired) electrons. The van der Waals surface area contributed by atoms with Gasteiger partial charge < -0.3 is 18.4 Å². The molecule has 0 spiro atoms. The van der Waals surface area contributed by atoms with E-state index in [1.807, 2.05) is 6.92 Å². The zero-order valence-electron chi connectivity index (χ0n) is 14.1. The van der Waals surface area contributed by atoms with Gasteiger partial charge in [0.1, 0.15) is 17.1 Å². The van der Waals surface area contributed by atoms with E-state index in [2.05, 4.69) is 15.4 Å². The van der Waals surface area contributed by atoms with Gasteiger partial charge in [0.15, 0.2) is 0 Å². The van der Waals surface area contributed by atoms with Gasteiger partial charge >= 0.3 is 5.95 Å². The molecule has 0 bridgehead atoms. The predicted octanol–water partition coefficient (Wildman–Crippen LogP) is 4.30. The average Bonchev–Trinajstić information content (AvgIpc) is 3.00. The van der Waals surface area contributed by atoms with Gasteiger partial charge in [0.05, 0.1) is 18.6 Å². The number of nitrogens with zero attached hydrogens (tertiary/aromatic N) is 3. The summed E-state index contributed by atoms with van der Waals surface area (Å²) in [7, 11) is 0. The molecule has 0 aliphatic heterocycles. The lowest BCUT2D eigenvalue weighted by molar-refractivity contribution is 0.262. The minimum atomic E-state index is -0.350. The second-order valence-electron chi connectivity index (χ2n) is 5.09. The summed E-state index contributed by atoms with van der Waals surface area (Å²) in [6.45, 7) is 6.21. The molecule has 25 heavy (non-hydrogen) atoms. The van der Waals surface area contributed by atoms with Crippen molar-refractivity contribution in [3.63, 3.8) is 0 Å². The lowest BCUT2D eigenvalue weighted by Crippen LogP contribution is -2.05. The molecule has 2 heterocycles. The van der Waals surface area contributed by atoms with Crippen LogP contribution in [0.15, 0.2) is 48.2 Å². The molecule has 0 unspecified atom stereocenters. The quantitative estimate of drug-likeness (QED) is 0.619. The van der Waals surface area contributed by atoms with Crippen molar-refractivity contribution in [3.8, 4) is 11.7 Å². The van der Waals surface area contributed by atoms with Crippen molar-refractivity contribution >= 4 is 22.5 Å². The molecule has 3 rings (SSSR count). The van der Waals surface area contributed by atoms with Gasteiger partial charge in [0, 0.05) is 12.1 Å². The summed E-state index contributed by atoms with van der Waals surface area (Å²) in [6.07, 6.45) is 0. The van der Waals surface area contributed by atoms with Crippen molar-refractivity contribution in [1.82, 2.24) is 5.16 Å². The average molecular weight is 343 g/mol. The molecule has 8 nitrogen and oxygen atoms in total. The highest BCUT2D eigenvalue weighted by molar-refractivity contribution is 5.81. The normalized spacial score (nSPS) is 11.3. The maximum Gasteiger partial charge on any atom is 0.317 e. The molecule has 8 heteroatoms. The summed E-state index contributed by atoms with van der Waals surface area (Å²) in [6, 6.07) is 6.57. The van der Waals surface area contributed by atoms with E-state index in [1.165, 1.54) is 0 Å². The largest absolute Gasteiger partial charge is 0.494 e. The van der Waals surface area contributed by atoms with Gasteiger partial charge in [-0.2, -0.15) is 0 Å². The second kappa shape index (κ2) is 7.16. The highest BCUT2D eigenvalue weighted by Crippen LogP contribution is 2.31. The SMILES string of the molecule is CCOc1ccc2c(=O)c(N=Nc3cc(C)on3)c(OCC)oc2c1. The van der Waals surface area contributed by atoms with E-state index in [0.717, 1.165) is 0 Å². The first-order chi connectivity index (χ1) is 12.1. The highest BCUT2D eigenvalue weighted by atomic mass is 16.6.